The maximum atomic E-state index is 3.32. The molecule has 1 nitrogen and oxygen atoms in total. The van der Waals surface area contributed by atoms with Crippen LogP contribution in [0, 0.1) is 17.8 Å². The van der Waals surface area contributed by atoms with Gasteiger partial charge in [0, 0.05) is 0 Å². The van der Waals surface area contributed by atoms with Crippen LogP contribution in [0.15, 0.2) is 0 Å². The lowest BCUT2D eigenvalue weighted by Crippen LogP contribution is -2.22. The van der Waals surface area contributed by atoms with Gasteiger partial charge in [-0.3, -0.25) is 0 Å². The molecule has 0 aromatic heterocycles. The maximum Gasteiger partial charge on any atom is -0.00208 e. The summed E-state index contributed by atoms with van der Waals surface area (Å²) in [5.41, 5.74) is 0. The second kappa shape index (κ2) is 3.14. The highest BCUT2D eigenvalue weighted by Crippen LogP contribution is 2.47. The van der Waals surface area contributed by atoms with Crippen LogP contribution in [0.1, 0.15) is 32.1 Å². The summed E-state index contributed by atoms with van der Waals surface area (Å²) < 4.78 is 0. The molecule has 2 fully saturated rings. The monoisotopic (exact) mass is 153 g/mol. The van der Waals surface area contributed by atoms with Crippen LogP contribution in [0.3, 0.4) is 0 Å². The first-order chi connectivity index (χ1) is 5.42. The molecule has 2 saturated carbocycles. The fourth-order valence-electron chi connectivity index (χ4n) is 2.73. The average Bonchev–Trinajstić information content (AvgIpc) is 2.75. The van der Waals surface area contributed by atoms with E-state index in [-0.39, 0.29) is 0 Å². The van der Waals surface area contributed by atoms with E-state index in [2.05, 4.69) is 12.4 Å². The van der Waals surface area contributed by atoms with Gasteiger partial charge < -0.3 is 5.32 Å². The number of hydrogen-bond acceptors (Lipinski definition) is 1. The molecule has 0 heterocycles. The van der Waals surface area contributed by atoms with Crippen molar-refractivity contribution in [2.75, 3.05) is 13.6 Å². The van der Waals surface area contributed by atoms with E-state index < -0.39 is 0 Å². The van der Waals surface area contributed by atoms with Gasteiger partial charge in [0.25, 0.3) is 0 Å². The molecule has 1 heteroatoms. The van der Waals surface area contributed by atoms with Crippen molar-refractivity contribution in [3.8, 4) is 0 Å². The fraction of sp³-hybridized carbons (Fsp3) is 1.00. The van der Waals surface area contributed by atoms with E-state index in [0.717, 1.165) is 17.8 Å². The molecule has 0 aromatic carbocycles. The molecule has 2 aliphatic rings. The normalized spacial score (nSPS) is 37.9. The molecule has 0 aromatic rings. The van der Waals surface area contributed by atoms with Gasteiger partial charge in [-0.25, -0.2) is 0 Å². The highest BCUT2D eigenvalue weighted by Gasteiger charge is 2.38. The van der Waals surface area contributed by atoms with Crippen LogP contribution in [0.5, 0.6) is 0 Å². The van der Waals surface area contributed by atoms with Crippen LogP contribution in [-0.2, 0) is 0 Å². The molecule has 2 rings (SSSR count). The Morgan fingerprint density at radius 3 is 2.64 bits per heavy atom. The molecule has 2 aliphatic carbocycles. The summed E-state index contributed by atoms with van der Waals surface area (Å²) in [7, 11) is 2.09. The standard InChI is InChI=1S/C10H19N/c1-11-7-9-3-2-4-10(9)8-5-6-8/h8-11H,2-7H2,1H3. The first-order valence-electron chi connectivity index (χ1n) is 5.06. The summed E-state index contributed by atoms with van der Waals surface area (Å²) in [6, 6.07) is 0. The summed E-state index contributed by atoms with van der Waals surface area (Å²) in [4.78, 5) is 0. The van der Waals surface area contributed by atoms with Gasteiger partial charge in [-0.15, -0.1) is 0 Å². The number of hydrogen-bond donors (Lipinski definition) is 1. The van der Waals surface area contributed by atoms with Crippen molar-refractivity contribution in [1.29, 1.82) is 0 Å². The predicted octanol–water partition coefficient (Wildman–Crippen LogP) is 2.03. The molecule has 0 spiro atoms. The van der Waals surface area contributed by atoms with Crippen LogP contribution in [0.25, 0.3) is 0 Å². The van der Waals surface area contributed by atoms with Gasteiger partial charge in [0.05, 0.1) is 0 Å². The quantitative estimate of drug-likeness (QED) is 0.654. The summed E-state index contributed by atoms with van der Waals surface area (Å²) in [6.45, 7) is 1.27. The van der Waals surface area contributed by atoms with Gasteiger partial charge in [-0.1, -0.05) is 6.42 Å². The van der Waals surface area contributed by atoms with Gasteiger partial charge in [-0.2, -0.15) is 0 Å². The third-order valence-corrected chi connectivity index (χ3v) is 3.41. The lowest BCUT2D eigenvalue weighted by Gasteiger charge is -2.18. The topological polar surface area (TPSA) is 12.0 Å². The van der Waals surface area contributed by atoms with Crippen molar-refractivity contribution in [2.24, 2.45) is 17.8 Å². The second-order valence-corrected chi connectivity index (χ2v) is 4.25. The van der Waals surface area contributed by atoms with E-state index in [1.165, 1.54) is 38.6 Å². The van der Waals surface area contributed by atoms with E-state index in [1.54, 1.807) is 0 Å². The van der Waals surface area contributed by atoms with Crippen LogP contribution < -0.4 is 5.32 Å². The minimum atomic E-state index is 1.02. The zero-order chi connectivity index (χ0) is 7.68. The van der Waals surface area contributed by atoms with Gasteiger partial charge in [0.15, 0.2) is 0 Å². The fourth-order valence-corrected chi connectivity index (χ4v) is 2.73. The predicted molar refractivity (Wildman–Crippen MR) is 47.5 cm³/mol. The lowest BCUT2D eigenvalue weighted by atomic mass is 9.91. The molecular formula is C10H19N. The van der Waals surface area contributed by atoms with Crippen molar-refractivity contribution < 1.29 is 0 Å². The van der Waals surface area contributed by atoms with Crippen molar-refractivity contribution in [3.63, 3.8) is 0 Å². The van der Waals surface area contributed by atoms with E-state index in [0.29, 0.717) is 0 Å². The van der Waals surface area contributed by atoms with E-state index >= 15 is 0 Å². The second-order valence-electron chi connectivity index (χ2n) is 4.25. The Balaban J connectivity index is 1.85. The van der Waals surface area contributed by atoms with E-state index in [1.807, 2.05) is 0 Å². The smallest absolute Gasteiger partial charge is 0.00208 e. The first kappa shape index (κ1) is 7.60. The average molecular weight is 153 g/mol. The van der Waals surface area contributed by atoms with Crippen molar-refractivity contribution in [3.05, 3.63) is 0 Å². The molecule has 0 saturated heterocycles. The molecule has 11 heavy (non-hydrogen) atoms. The van der Waals surface area contributed by atoms with Crippen LogP contribution in [0.4, 0.5) is 0 Å². The summed E-state index contributed by atoms with van der Waals surface area (Å²) in [5, 5.41) is 3.32. The van der Waals surface area contributed by atoms with Gasteiger partial charge in [0.1, 0.15) is 0 Å². The highest BCUT2D eigenvalue weighted by molar-refractivity contribution is 4.89. The van der Waals surface area contributed by atoms with Crippen molar-refractivity contribution >= 4 is 0 Å². The Morgan fingerprint density at radius 2 is 2.00 bits per heavy atom. The lowest BCUT2D eigenvalue weighted by molar-refractivity contribution is 0.338. The summed E-state index contributed by atoms with van der Waals surface area (Å²) >= 11 is 0. The molecule has 2 atom stereocenters. The minimum Gasteiger partial charge on any atom is -0.319 e. The maximum absolute atomic E-state index is 3.32. The third kappa shape index (κ3) is 1.58. The zero-order valence-corrected chi connectivity index (χ0v) is 7.47. The SMILES string of the molecule is CNCC1CCCC1C1CC1. The largest absolute Gasteiger partial charge is 0.319 e. The highest BCUT2D eigenvalue weighted by atomic mass is 14.8. The molecule has 0 radical (unpaired) electrons. The Kier molecular flexibility index (Phi) is 2.17. The van der Waals surface area contributed by atoms with Gasteiger partial charge in [-0.05, 0) is 57.0 Å². The zero-order valence-electron chi connectivity index (χ0n) is 7.47. The van der Waals surface area contributed by atoms with Crippen molar-refractivity contribution in [2.45, 2.75) is 32.1 Å². The molecular weight excluding hydrogens is 134 g/mol. The molecule has 0 amide bonds. The third-order valence-electron chi connectivity index (χ3n) is 3.41. The number of rotatable bonds is 3. The molecule has 1 N–H and O–H groups in total. The number of nitrogens with one attached hydrogen (secondary N) is 1. The Hall–Kier alpha value is -0.0400. The van der Waals surface area contributed by atoms with Crippen LogP contribution >= 0.6 is 0 Å². The summed E-state index contributed by atoms with van der Waals surface area (Å²) in [6.07, 6.45) is 7.57. The van der Waals surface area contributed by atoms with Crippen molar-refractivity contribution in [1.82, 2.24) is 5.32 Å². The molecule has 0 bridgehead atoms. The van der Waals surface area contributed by atoms with E-state index in [9.17, 15) is 0 Å². The van der Waals surface area contributed by atoms with E-state index in [4.69, 9.17) is 0 Å². The summed E-state index contributed by atoms with van der Waals surface area (Å²) in [5.74, 6) is 3.26. The molecule has 64 valence electrons. The molecule has 2 unspecified atom stereocenters. The molecule has 0 aliphatic heterocycles. The Bertz CT molecular complexity index is 129. The van der Waals surface area contributed by atoms with Gasteiger partial charge in [0.2, 0.25) is 0 Å². The minimum absolute atomic E-state index is 1.02. The first-order valence-corrected chi connectivity index (χ1v) is 5.06. The van der Waals surface area contributed by atoms with Crippen LogP contribution in [0.2, 0.25) is 0 Å². The Morgan fingerprint density at radius 1 is 1.18 bits per heavy atom. The Labute approximate surface area is 69.6 Å². The van der Waals surface area contributed by atoms with Crippen LogP contribution in [-0.4, -0.2) is 13.6 Å². The van der Waals surface area contributed by atoms with Gasteiger partial charge >= 0.3 is 0 Å².